The molecule has 0 amide bonds. The van der Waals surface area contributed by atoms with Crippen LogP contribution in [0.3, 0.4) is 0 Å². The molecule has 0 bridgehead atoms. The van der Waals surface area contributed by atoms with E-state index < -0.39 is 16.0 Å². The van der Waals surface area contributed by atoms with Crippen LogP contribution >= 0.6 is 11.3 Å². The molecule has 0 aliphatic carbocycles. The number of carboxylic acids is 1. The molecule has 0 radical (unpaired) electrons. The van der Waals surface area contributed by atoms with Gasteiger partial charge in [-0.3, -0.25) is 4.79 Å². The quantitative estimate of drug-likeness (QED) is 0.830. The van der Waals surface area contributed by atoms with Crippen LogP contribution in [0.2, 0.25) is 0 Å². The third-order valence-electron chi connectivity index (χ3n) is 2.40. The summed E-state index contributed by atoms with van der Waals surface area (Å²) in [5, 5.41) is 10.5. The van der Waals surface area contributed by atoms with E-state index in [9.17, 15) is 13.2 Å². The fourth-order valence-corrected chi connectivity index (χ4v) is 3.92. The number of carbonyl (C=O) groups is 1. The molecule has 0 saturated heterocycles. The normalized spacial score (nSPS) is 12.2. The van der Waals surface area contributed by atoms with Crippen molar-refractivity contribution in [3.8, 4) is 0 Å². The maximum absolute atomic E-state index is 12.1. The lowest BCUT2D eigenvalue weighted by Crippen LogP contribution is -2.38. The Bertz CT molecular complexity index is 479. The molecule has 0 aliphatic rings. The van der Waals surface area contributed by atoms with Gasteiger partial charge in [0.05, 0.1) is 12.2 Å². The number of nitrogens with zero attached hydrogens (tertiary/aromatic N) is 1. The van der Waals surface area contributed by atoms with Crippen LogP contribution in [0.5, 0.6) is 0 Å². The Hall–Kier alpha value is -0.920. The van der Waals surface area contributed by atoms with Gasteiger partial charge in [-0.05, 0) is 25.3 Å². The number of rotatable bonds is 7. The van der Waals surface area contributed by atoms with Crippen molar-refractivity contribution in [3.05, 3.63) is 22.4 Å². The van der Waals surface area contributed by atoms with Crippen LogP contribution in [-0.4, -0.2) is 35.6 Å². The summed E-state index contributed by atoms with van der Waals surface area (Å²) < 4.78 is 25.5. The average Bonchev–Trinajstić information content (AvgIpc) is 2.75. The van der Waals surface area contributed by atoms with Crippen LogP contribution in [-0.2, 0) is 21.4 Å². The number of sulfonamides is 1. The first-order valence-corrected chi connectivity index (χ1v) is 8.05. The van der Waals surface area contributed by atoms with E-state index in [1.165, 1.54) is 15.6 Å². The Morgan fingerprint density at radius 1 is 1.50 bits per heavy atom. The van der Waals surface area contributed by atoms with E-state index in [0.717, 1.165) is 4.88 Å². The van der Waals surface area contributed by atoms with Gasteiger partial charge in [-0.2, -0.15) is 4.31 Å². The maximum Gasteiger partial charge on any atom is 0.304 e. The molecule has 1 aromatic heterocycles. The third kappa shape index (κ3) is 4.40. The molecule has 0 fully saturated rings. The van der Waals surface area contributed by atoms with Crippen molar-refractivity contribution in [2.45, 2.75) is 32.9 Å². The van der Waals surface area contributed by atoms with Crippen molar-refractivity contribution >= 4 is 27.3 Å². The number of carboxylic acid groups (broad SMARTS) is 1. The molecule has 1 aromatic rings. The fourth-order valence-electron chi connectivity index (χ4n) is 1.49. The monoisotopic (exact) mass is 291 g/mol. The van der Waals surface area contributed by atoms with Crippen LogP contribution < -0.4 is 0 Å². The standard InChI is InChI=1S/C11H17NO4S2/c1-9(2)12(8-10-4-3-6-17-10)18(15,16)7-5-11(13)14/h3-4,6,9H,5,7-8H2,1-2H3,(H,13,14). The largest absolute Gasteiger partial charge is 0.481 e. The van der Waals surface area contributed by atoms with Crippen LogP contribution in [0, 0.1) is 0 Å². The molecule has 0 saturated carbocycles. The van der Waals surface area contributed by atoms with E-state index >= 15 is 0 Å². The summed E-state index contributed by atoms with van der Waals surface area (Å²) in [7, 11) is -3.53. The van der Waals surface area contributed by atoms with Crippen molar-refractivity contribution in [3.63, 3.8) is 0 Å². The van der Waals surface area contributed by atoms with Gasteiger partial charge in [0, 0.05) is 17.5 Å². The van der Waals surface area contributed by atoms with Crippen molar-refractivity contribution in [1.29, 1.82) is 0 Å². The van der Waals surface area contributed by atoms with Crippen molar-refractivity contribution in [2.24, 2.45) is 0 Å². The number of thiophene rings is 1. The Balaban J connectivity index is 2.80. The zero-order chi connectivity index (χ0) is 13.8. The van der Waals surface area contributed by atoms with Crippen LogP contribution in [0.25, 0.3) is 0 Å². The highest BCUT2D eigenvalue weighted by atomic mass is 32.2. The molecule has 5 nitrogen and oxygen atoms in total. The molecule has 0 aromatic carbocycles. The lowest BCUT2D eigenvalue weighted by atomic mass is 10.4. The zero-order valence-corrected chi connectivity index (χ0v) is 12.0. The molecule has 0 unspecified atom stereocenters. The summed E-state index contributed by atoms with van der Waals surface area (Å²) in [5.74, 6) is -1.45. The second kappa shape index (κ2) is 6.31. The van der Waals surface area contributed by atoms with Crippen molar-refractivity contribution in [1.82, 2.24) is 4.31 Å². The molecule has 0 atom stereocenters. The first-order chi connectivity index (χ1) is 8.33. The van der Waals surface area contributed by atoms with E-state index in [1.54, 1.807) is 13.8 Å². The van der Waals surface area contributed by atoms with Gasteiger partial charge in [-0.25, -0.2) is 8.42 Å². The number of aliphatic carboxylic acids is 1. The Labute approximate surface area is 111 Å². The summed E-state index contributed by atoms with van der Waals surface area (Å²) in [6.07, 6.45) is -0.365. The molecule has 1 rings (SSSR count). The molecular formula is C11H17NO4S2. The first kappa shape index (κ1) is 15.1. The predicted molar refractivity (Wildman–Crippen MR) is 71.0 cm³/mol. The van der Waals surface area contributed by atoms with Gasteiger partial charge < -0.3 is 5.11 Å². The highest BCUT2D eigenvalue weighted by Gasteiger charge is 2.25. The summed E-state index contributed by atoms with van der Waals surface area (Å²) in [6, 6.07) is 3.54. The van der Waals surface area contributed by atoms with Crippen molar-refractivity contribution in [2.75, 3.05) is 5.75 Å². The third-order valence-corrected chi connectivity index (χ3v) is 5.25. The predicted octanol–water partition coefficient (Wildman–Crippen LogP) is 1.76. The molecule has 102 valence electrons. The number of hydrogen-bond acceptors (Lipinski definition) is 4. The topological polar surface area (TPSA) is 74.7 Å². The minimum atomic E-state index is -3.53. The average molecular weight is 291 g/mol. The minimum Gasteiger partial charge on any atom is -0.481 e. The molecular weight excluding hydrogens is 274 g/mol. The SMILES string of the molecule is CC(C)N(Cc1cccs1)S(=O)(=O)CCC(=O)O. The van der Waals surface area contributed by atoms with Crippen LogP contribution in [0.15, 0.2) is 17.5 Å². The van der Waals surface area contributed by atoms with E-state index in [2.05, 4.69) is 0 Å². The van der Waals surface area contributed by atoms with Crippen molar-refractivity contribution < 1.29 is 18.3 Å². The molecule has 0 spiro atoms. The summed E-state index contributed by atoms with van der Waals surface area (Å²) in [4.78, 5) is 11.4. The highest BCUT2D eigenvalue weighted by molar-refractivity contribution is 7.89. The lowest BCUT2D eigenvalue weighted by Gasteiger charge is -2.25. The van der Waals surface area contributed by atoms with E-state index in [1.807, 2.05) is 17.5 Å². The second-order valence-electron chi connectivity index (χ2n) is 4.18. The van der Waals surface area contributed by atoms with Gasteiger partial charge in [-0.15, -0.1) is 11.3 Å². The van der Waals surface area contributed by atoms with Gasteiger partial charge in [-0.1, -0.05) is 6.07 Å². The number of hydrogen-bond donors (Lipinski definition) is 1. The Morgan fingerprint density at radius 3 is 2.61 bits per heavy atom. The van der Waals surface area contributed by atoms with Gasteiger partial charge in [0.25, 0.3) is 0 Å². The van der Waals surface area contributed by atoms with Gasteiger partial charge >= 0.3 is 5.97 Å². The summed E-state index contributed by atoms with van der Waals surface area (Å²) >= 11 is 1.49. The van der Waals surface area contributed by atoms with Gasteiger partial charge in [0.2, 0.25) is 10.0 Å². The summed E-state index contributed by atoms with van der Waals surface area (Å²) in [6.45, 7) is 3.87. The first-order valence-electron chi connectivity index (χ1n) is 5.56. The fraction of sp³-hybridized carbons (Fsp3) is 0.545. The van der Waals surface area contributed by atoms with E-state index in [0.29, 0.717) is 6.54 Å². The van der Waals surface area contributed by atoms with Crippen LogP contribution in [0.4, 0.5) is 0 Å². The molecule has 18 heavy (non-hydrogen) atoms. The molecule has 1 heterocycles. The second-order valence-corrected chi connectivity index (χ2v) is 7.25. The molecule has 7 heteroatoms. The lowest BCUT2D eigenvalue weighted by molar-refractivity contribution is -0.136. The summed E-state index contributed by atoms with van der Waals surface area (Å²) in [5.41, 5.74) is 0. The highest BCUT2D eigenvalue weighted by Crippen LogP contribution is 2.17. The minimum absolute atomic E-state index is 0.189. The maximum atomic E-state index is 12.1. The van der Waals surface area contributed by atoms with E-state index in [-0.39, 0.29) is 18.2 Å². The zero-order valence-electron chi connectivity index (χ0n) is 10.4. The van der Waals surface area contributed by atoms with E-state index in [4.69, 9.17) is 5.11 Å². The Kier molecular flexibility index (Phi) is 5.30. The molecule has 0 aliphatic heterocycles. The Morgan fingerprint density at radius 2 is 2.17 bits per heavy atom. The smallest absolute Gasteiger partial charge is 0.304 e. The van der Waals surface area contributed by atoms with Gasteiger partial charge in [0.1, 0.15) is 0 Å². The van der Waals surface area contributed by atoms with Crippen LogP contribution in [0.1, 0.15) is 25.1 Å². The molecule has 1 N–H and O–H groups in total. The van der Waals surface area contributed by atoms with Gasteiger partial charge in [0.15, 0.2) is 0 Å².